The van der Waals surface area contributed by atoms with Crippen LogP contribution in [0.2, 0.25) is 0 Å². The van der Waals surface area contributed by atoms with Crippen LogP contribution in [-0.4, -0.2) is 50.6 Å². The molecule has 0 unspecified atom stereocenters. The summed E-state index contributed by atoms with van der Waals surface area (Å²) in [5.74, 6) is -0.0514. The number of nitrogens with one attached hydrogen (secondary N) is 1. The lowest BCUT2D eigenvalue weighted by Gasteiger charge is -2.18. The number of pyridine rings is 1. The van der Waals surface area contributed by atoms with Crippen LogP contribution in [0, 0.1) is 0 Å². The SMILES string of the molecule is CC1=C(C(=O)N2CC[C@@H](NC(=O)c3cc(-c4cnn(C)c4)cnc3N)C2)Cc2ccccc21. The van der Waals surface area contributed by atoms with Crippen LogP contribution in [0.15, 0.2) is 54.5 Å². The molecule has 5 rings (SSSR count). The molecule has 8 nitrogen and oxygen atoms in total. The maximum absolute atomic E-state index is 13.2. The van der Waals surface area contributed by atoms with E-state index in [1.54, 1.807) is 23.1 Å². The Kier molecular flexibility index (Phi) is 5.20. The van der Waals surface area contributed by atoms with E-state index in [1.165, 1.54) is 5.56 Å². The van der Waals surface area contributed by atoms with Crippen molar-refractivity contribution in [3.63, 3.8) is 0 Å². The molecule has 1 aliphatic heterocycles. The number of nitrogens with two attached hydrogens (primary N) is 1. The second kappa shape index (κ2) is 8.20. The Balaban J connectivity index is 1.26. The van der Waals surface area contributed by atoms with E-state index in [1.807, 2.05) is 37.2 Å². The molecule has 1 aromatic carbocycles. The molecule has 33 heavy (non-hydrogen) atoms. The number of aryl methyl sites for hydroxylation is 1. The fourth-order valence-corrected chi connectivity index (χ4v) is 4.66. The van der Waals surface area contributed by atoms with Gasteiger partial charge in [-0.15, -0.1) is 0 Å². The summed E-state index contributed by atoms with van der Waals surface area (Å²) < 4.78 is 1.69. The Morgan fingerprint density at radius 2 is 2.00 bits per heavy atom. The van der Waals surface area contributed by atoms with Crippen LogP contribution in [0.1, 0.15) is 34.8 Å². The third kappa shape index (κ3) is 3.88. The molecule has 2 amide bonds. The maximum Gasteiger partial charge on any atom is 0.255 e. The van der Waals surface area contributed by atoms with Crippen molar-refractivity contribution in [1.82, 2.24) is 25.0 Å². The predicted octanol–water partition coefficient (Wildman–Crippen LogP) is 2.42. The van der Waals surface area contributed by atoms with Gasteiger partial charge in [0.05, 0.1) is 11.8 Å². The molecule has 168 valence electrons. The van der Waals surface area contributed by atoms with E-state index in [0.29, 0.717) is 31.5 Å². The number of benzene rings is 1. The number of aromatic nitrogens is 3. The van der Waals surface area contributed by atoms with E-state index in [2.05, 4.69) is 27.5 Å². The summed E-state index contributed by atoms with van der Waals surface area (Å²) in [6, 6.07) is 9.75. The van der Waals surface area contributed by atoms with Gasteiger partial charge in [0.25, 0.3) is 5.91 Å². The molecule has 2 aromatic heterocycles. The Morgan fingerprint density at radius 1 is 1.18 bits per heavy atom. The van der Waals surface area contributed by atoms with Gasteiger partial charge in [-0.1, -0.05) is 24.3 Å². The highest BCUT2D eigenvalue weighted by atomic mass is 16.2. The number of nitrogens with zero attached hydrogens (tertiary/aromatic N) is 4. The molecular weight excluding hydrogens is 416 g/mol. The number of hydrogen-bond donors (Lipinski definition) is 2. The Bertz CT molecular complexity index is 1290. The van der Waals surface area contributed by atoms with E-state index in [4.69, 9.17) is 5.73 Å². The number of rotatable bonds is 4. The lowest BCUT2D eigenvalue weighted by Crippen LogP contribution is -2.39. The minimum atomic E-state index is -0.284. The van der Waals surface area contributed by atoms with Gasteiger partial charge < -0.3 is 16.0 Å². The number of amides is 2. The van der Waals surface area contributed by atoms with Crippen LogP contribution in [0.4, 0.5) is 5.82 Å². The fraction of sp³-hybridized carbons (Fsp3) is 0.280. The first kappa shape index (κ1) is 20.9. The van der Waals surface area contributed by atoms with Gasteiger partial charge in [0, 0.05) is 61.7 Å². The number of hydrogen-bond acceptors (Lipinski definition) is 5. The molecular formula is C25H26N6O2. The molecule has 1 fully saturated rings. The first-order valence-corrected chi connectivity index (χ1v) is 11.0. The van der Waals surface area contributed by atoms with Crippen LogP contribution in [0.3, 0.4) is 0 Å². The van der Waals surface area contributed by atoms with Gasteiger partial charge in [0.1, 0.15) is 5.82 Å². The van der Waals surface area contributed by atoms with Crippen LogP contribution >= 0.6 is 0 Å². The molecule has 0 spiro atoms. The van der Waals surface area contributed by atoms with Crippen molar-refractivity contribution in [2.24, 2.45) is 7.05 Å². The number of fused-ring (bicyclic) bond motifs is 1. The summed E-state index contributed by atoms with van der Waals surface area (Å²) in [7, 11) is 1.83. The van der Waals surface area contributed by atoms with Gasteiger partial charge >= 0.3 is 0 Å². The number of carbonyl (C=O) groups excluding carboxylic acids is 2. The summed E-state index contributed by atoms with van der Waals surface area (Å²) >= 11 is 0. The number of anilines is 1. The van der Waals surface area contributed by atoms with Crippen molar-refractivity contribution in [1.29, 1.82) is 0 Å². The number of likely N-dealkylation sites (tertiary alicyclic amines) is 1. The molecule has 1 aliphatic carbocycles. The average Bonchev–Trinajstić information content (AvgIpc) is 3.53. The molecule has 0 saturated carbocycles. The van der Waals surface area contributed by atoms with Gasteiger partial charge in [-0.05, 0) is 36.1 Å². The molecule has 1 saturated heterocycles. The third-order valence-corrected chi connectivity index (χ3v) is 6.51. The highest BCUT2D eigenvalue weighted by Gasteiger charge is 2.32. The quantitative estimate of drug-likeness (QED) is 0.646. The average molecular weight is 443 g/mol. The third-order valence-electron chi connectivity index (χ3n) is 6.51. The summed E-state index contributed by atoms with van der Waals surface area (Å²) in [5, 5.41) is 7.20. The second-order valence-corrected chi connectivity index (χ2v) is 8.71. The molecule has 1 atom stereocenters. The molecule has 0 radical (unpaired) electrons. The van der Waals surface area contributed by atoms with E-state index in [9.17, 15) is 9.59 Å². The molecule has 2 aliphatic rings. The van der Waals surface area contributed by atoms with Crippen molar-refractivity contribution in [2.75, 3.05) is 18.8 Å². The topological polar surface area (TPSA) is 106 Å². The van der Waals surface area contributed by atoms with E-state index in [-0.39, 0.29) is 23.7 Å². The zero-order chi connectivity index (χ0) is 23.1. The monoisotopic (exact) mass is 442 g/mol. The molecule has 3 heterocycles. The van der Waals surface area contributed by atoms with Crippen LogP contribution in [0.5, 0.6) is 0 Å². The minimum absolute atomic E-state index is 0.0557. The van der Waals surface area contributed by atoms with Crippen molar-refractivity contribution >= 4 is 23.2 Å². The summed E-state index contributed by atoms with van der Waals surface area (Å²) in [6.45, 7) is 3.10. The van der Waals surface area contributed by atoms with Gasteiger partial charge in [0.2, 0.25) is 5.91 Å². The maximum atomic E-state index is 13.2. The highest BCUT2D eigenvalue weighted by Crippen LogP contribution is 2.33. The molecule has 8 heteroatoms. The highest BCUT2D eigenvalue weighted by molar-refractivity contribution is 6.04. The van der Waals surface area contributed by atoms with Crippen molar-refractivity contribution in [2.45, 2.75) is 25.8 Å². The van der Waals surface area contributed by atoms with Gasteiger partial charge in [0.15, 0.2) is 0 Å². The van der Waals surface area contributed by atoms with Crippen molar-refractivity contribution in [3.05, 3.63) is 71.2 Å². The first-order chi connectivity index (χ1) is 15.9. The van der Waals surface area contributed by atoms with Crippen LogP contribution in [0.25, 0.3) is 16.7 Å². The molecule has 3 aromatic rings. The Hall–Kier alpha value is -3.94. The molecule has 3 N–H and O–H groups in total. The van der Waals surface area contributed by atoms with Crippen LogP contribution < -0.4 is 11.1 Å². The zero-order valence-electron chi connectivity index (χ0n) is 18.7. The number of allylic oxidation sites excluding steroid dienone is 1. The smallest absolute Gasteiger partial charge is 0.255 e. The first-order valence-electron chi connectivity index (χ1n) is 11.0. The minimum Gasteiger partial charge on any atom is -0.383 e. The van der Waals surface area contributed by atoms with E-state index < -0.39 is 0 Å². The fourth-order valence-electron chi connectivity index (χ4n) is 4.66. The summed E-state index contributed by atoms with van der Waals surface area (Å²) in [4.78, 5) is 32.2. The lowest BCUT2D eigenvalue weighted by atomic mass is 10.1. The summed E-state index contributed by atoms with van der Waals surface area (Å²) in [5.41, 5.74) is 12.2. The van der Waals surface area contributed by atoms with Gasteiger partial charge in [-0.25, -0.2) is 4.98 Å². The number of carbonyl (C=O) groups is 2. The largest absolute Gasteiger partial charge is 0.383 e. The van der Waals surface area contributed by atoms with Gasteiger partial charge in [-0.3, -0.25) is 14.3 Å². The van der Waals surface area contributed by atoms with E-state index in [0.717, 1.165) is 27.8 Å². The second-order valence-electron chi connectivity index (χ2n) is 8.71. The summed E-state index contributed by atoms with van der Waals surface area (Å²) in [6.07, 6.45) is 6.57. The molecule has 0 bridgehead atoms. The predicted molar refractivity (Wildman–Crippen MR) is 126 cm³/mol. The van der Waals surface area contributed by atoms with Gasteiger partial charge in [-0.2, -0.15) is 5.10 Å². The normalized spacial score (nSPS) is 17.4. The number of nitrogen functional groups attached to an aromatic ring is 1. The zero-order valence-corrected chi connectivity index (χ0v) is 18.7. The lowest BCUT2D eigenvalue weighted by molar-refractivity contribution is -0.126. The van der Waals surface area contributed by atoms with Crippen LogP contribution in [-0.2, 0) is 18.3 Å². The Labute approximate surface area is 192 Å². The van der Waals surface area contributed by atoms with E-state index >= 15 is 0 Å². The standard InChI is InChI=1S/C25H26N6O2/c1-15-20-6-4-3-5-16(20)9-21(15)25(33)31-8-7-19(14-31)29-24(32)22-10-17(11-27-23(22)26)18-12-28-30(2)13-18/h3-6,10-13,19H,7-9,14H2,1-2H3,(H2,26,27)(H,29,32)/t19-/m1/s1. The van der Waals surface area contributed by atoms with Crippen molar-refractivity contribution < 1.29 is 9.59 Å². The Morgan fingerprint density at radius 3 is 2.76 bits per heavy atom. The van der Waals surface area contributed by atoms with Crippen molar-refractivity contribution in [3.8, 4) is 11.1 Å².